The number of rotatable bonds is 7. The van der Waals surface area contributed by atoms with Gasteiger partial charge in [-0.3, -0.25) is 14.5 Å². The zero-order valence-corrected chi connectivity index (χ0v) is 15.9. The van der Waals surface area contributed by atoms with Crippen molar-refractivity contribution in [1.82, 2.24) is 10.2 Å². The van der Waals surface area contributed by atoms with E-state index in [1.165, 1.54) is 75.8 Å². The van der Waals surface area contributed by atoms with Crippen LogP contribution in [0.4, 0.5) is 0 Å². The van der Waals surface area contributed by atoms with Gasteiger partial charge in [-0.15, -0.1) is 11.3 Å². The van der Waals surface area contributed by atoms with Crippen molar-refractivity contribution in [2.75, 3.05) is 19.6 Å². The van der Waals surface area contributed by atoms with Crippen molar-refractivity contribution in [3.8, 4) is 0 Å². The third-order valence-electron chi connectivity index (χ3n) is 5.80. The molecule has 5 heteroatoms. The molecular formula is C20H30N2O2S. The third-order valence-corrected chi connectivity index (χ3v) is 6.71. The summed E-state index contributed by atoms with van der Waals surface area (Å²) in [6, 6.07) is 3.71. The second-order valence-electron chi connectivity index (χ2n) is 7.51. The van der Waals surface area contributed by atoms with Crippen molar-refractivity contribution in [2.45, 2.75) is 69.7 Å². The molecule has 0 radical (unpaired) electrons. The predicted octanol–water partition coefficient (Wildman–Crippen LogP) is 4.02. The molecule has 1 aromatic rings. The first kappa shape index (κ1) is 18.6. The van der Waals surface area contributed by atoms with Gasteiger partial charge in [0.25, 0.3) is 0 Å². The first-order valence-corrected chi connectivity index (χ1v) is 10.7. The van der Waals surface area contributed by atoms with E-state index in [0.29, 0.717) is 12.8 Å². The number of nitrogens with one attached hydrogen (secondary N) is 1. The van der Waals surface area contributed by atoms with Gasteiger partial charge in [-0.1, -0.05) is 31.7 Å². The lowest BCUT2D eigenvalue weighted by Gasteiger charge is -2.48. The summed E-state index contributed by atoms with van der Waals surface area (Å²) >= 11 is 1.45. The Bertz CT molecular complexity index is 558. The van der Waals surface area contributed by atoms with Crippen LogP contribution in [-0.2, 0) is 4.79 Å². The van der Waals surface area contributed by atoms with Gasteiger partial charge in [-0.25, -0.2) is 0 Å². The smallest absolute Gasteiger partial charge is 0.220 e. The van der Waals surface area contributed by atoms with Crippen molar-refractivity contribution in [1.29, 1.82) is 0 Å². The van der Waals surface area contributed by atoms with E-state index in [9.17, 15) is 9.59 Å². The standard InChI is InChI=1S/C20H30N2O2S/c23-17(18-8-7-15-25-18)9-10-19(24)21-16-20(11-3-1-4-12-20)22-13-5-2-6-14-22/h7-8,15H,1-6,9-14,16H2,(H,21,24). The van der Waals surface area contributed by atoms with Crippen LogP contribution < -0.4 is 5.32 Å². The number of piperidine rings is 1. The van der Waals surface area contributed by atoms with Gasteiger partial charge in [-0.2, -0.15) is 0 Å². The molecule has 1 aromatic heterocycles. The Kier molecular flexibility index (Phi) is 6.65. The molecule has 2 heterocycles. The van der Waals surface area contributed by atoms with E-state index in [0.717, 1.165) is 11.4 Å². The Labute approximate surface area is 155 Å². The van der Waals surface area contributed by atoms with Crippen molar-refractivity contribution < 1.29 is 9.59 Å². The Morgan fingerprint density at radius 1 is 1.04 bits per heavy atom. The average molecular weight is 363 g/mol. The van der Waals surface area contributed by atoms with Crippen LogP contribution in [-0.4, -0.2) is 41.8 Å². The average Bonchev–Trinajstić information content (AvgIpc) is 3.21. The summed E-state index contributed by atoms with van der Waals surface area (Å²) in [5.41, 5.74) is 0.159. The molecule has 1 amide bonds. The molecule has 1 N–H and O–H groups in total. The lowest BCUT2D eigenvalue weighted by molar-refractivity contribution is -0.122. The fraction of sp³-hybridized carbons (Fsp3) is 0.700. The number of amides is 1. The Hall–Kier alpha value is -1.20. The van der Waals surface area contributed by atoms with Gasteiger partial charge in [0, 0.05) is 24.9 Å². The van der Waals surface area contributed by atoms with Crippen molar-refractivity contribution in [3.63, 3.8) is 0 Å². The summed E-state index contributed by atoms with van der Waals surface area (Å²) in [6.45, 7) is 3.10. The number of carbonyl (C=O) groups is 2. The van der Waals surface area contributed by atoms with Gasteiger partial charge in [0.05, 0.1) is 4.88 Å². The minimum Gasteiger partial charge on any atom is -0.354 e. The Morgan fingerprint density at radius 2 is 1.76 bits per heavy atom. The first-order valence-electron chi connectivity index (χ1n) is 9.78. The Morgan fingerprint density at radius 3 is 2.44 bits per heavy atom. The van der Waals surface area contributed by atoms with Gasteiger partial charge >= 0.3 is 0 Å². The minimum atomic E-state index is 0.0202. The predicted molar refractivity (Wildman–Crippen MR) is 102 cm³/mol. The van der Waals surface area contributed by atoms with E-state index >= 15 is 0 Å². The molecule has 138 valence electrons. The maximum atomic E-state index is 12.3. The van der Waals surface area contributed by atoms with Crippen molar-refractivity contribution >= 4 is 23.0 Å². The molecule has 1 saturated carbocycles. The molecule has 0 aromatic carbocycles. The highest BCUT2D eigenvalue weighted by Crippen LogP contribution is 2.35. The first-order chi connectivity index (χ1) is 12.2. The molecule has 1 saturated heterocycles. The number of hydrogen-bond donors (Lipinski definition) is 1. The normalized spacial score (nSPS) is 21.0. The van der Waals surface area contributed by atoms with E-state index < -0.39 is 0 Å². The molecule has 2 aliphatic rings. The van der Waals surface area contributed by atoms with Crippen molar-refractivity contribution in [2.24, 2.45) is 0 Å². The molecule has 0 spiro atoms. The number of Topliss-reactive ketones (excluding diaryl/α,β-unsaturated/α-hetero) is 1. The van der Waals surface area contributed by atoms with Crippen LogP contribution in [0.15, 0.2) is 17.5 Å². The third kappa shape index (κ3) is 4.91. The number of carbonyl (C=O) groups excluding carboxylic acids is 2. The second kappa shape index (κ2) is 8.95. The second-order valence-corrected chi connectivity index (χ2v) is 8.46. The van der Waals surface area contributed by atoms with Gasteiger partial charge in [0.15, 0.2) is 5.78 Å². The summed E-state index contributed by atoms with van der Waals surface area (Å²) < 4.78 is 0. The van der Waals surface area contributed by atoms with Crippen LogP contribution in [0.1, 0.15) is 73.9 Å². The molecule has 1 aliphatic heterocycles. The lowest BCUT2D eigenvalue weighted by atomic mass is 9.79. The van der Waals surface area contributed by atoms with E-state index in [2.05, 4.69) is 10.2 Å². The fourth-order valence-electron chi connectivity index (χ4n) is 4.32. The van der Waals surface area contributed by atoms with Crippen LogP contribution >= 0.6 is 11.3 Å². The highest BCUT2D eigenvalue weighted by atomic mass is 32.1. The zero-order chi connectivity index (χ0) is 17.5. The highest BCUT2D eigenvalue weighted by molar-refractivity contribution is 7.12. The number of likely N-dealkylation sites (tertiary alicyclic amines) is 1. The fourth-order valence-corrected chi connectivity index (χ4v) is 5.02. The van der Waals surface area contributed by atoms with Gasteiger partial charge in [0.1, 0.15) is 0 Å². The molecule has 0 bridgehead atoms. The van der Waals surface area contributed by atoms with E-state index in [4.69, 9.17) is 0 Å². The zero-order valence-electron chi connectivity index (χ0n) is 15.1. The van der Waals surface area contributed by atoms with Crippen LogP contribution in [0.2, 0.25) is 0 Å². The maximum absolute atomic E-state index is 12.3. The monoisotopic (exact) mass is 362 g/mol. The Balaban J connectivity index is 1.50. The summed E-state index contributed by atoms with van der Waals surface area (Å²) in [6.07, 6.45) is 10.8. The molecular weight excluding hydrogens is 332 g/mol. The molecule has 0 unspecified atom stereocenters. The summed E-state index contributed by atoms with van der Waals surface area (Å²) in [4.78, 5) is 27.8. The molecule has 2 fully saturated rings. The molecule has 4 nitrogen and oxygen atoms in total. The molecule has 1 aliphatic carbocycles. The van der Waals surface area contributed by atoms with Crippen LogP contribution in [0.3, 0.4) is 0 Å². The van der Waals surface area contributed by atoms with Crippen LogP contribution in [0.25, 0.3) is 0 Å². The number of hydrogen-bond acceptors (Lipinski definition) is 4. The van der Waals surface area contributed by atoms with E-state index in [-0.39, 0.29) is 17.2 Å². The number of nitrogens with zero attached hydrogens (tertiary/aromatic N) is 1. The molecule has 25 heavy (non-hydrogen) atoms. The van der Waals surface area contributed by atoms with Gasteiger partial charge in [0.2, 0.25) is 5.91 Å². The lowest BCUT2D eigenvalue weighted by Crippen LogP contribution is -2.58. The molecule has 3 rings (SSSR count). The van der Waals surface area contributed by atoms with Gasteiger partial charge < -0.3 is 5.32 Å². The maximum Gasteiger partial charge on any atom is 0.220 e. The summed E-state index contributed by atoms with van der Waals surface area (Å²) in [7, 11) is 0. The highest BCUT2D eigenvalue weighted by Gasteiger charge is 2.38. The quantitative estimate of drug-likeness (QED) is 0.746. The topological polar surface area (TPSA) is 49.4 Å². The minimum absolute atomic E-state index is 0.0202. The largest absolute Gasteiger partial charge is 0.354 e. The summed E-state index contributed by atoms with van der Waals surface area (Å²) in [5.74, 6) is 0.0976. The van der Waals surface area contributed by atoms with Crippen LogP contribution in [0.5, 0.6) is 0 Å². The van der Waals surface area contributed by atoms with Gasteiger partial charge in [-0.05, 0) is 50.2 Å². The SMILES string of the molecule is O=C(CCC(=O)c1cccs1)NCC1(N2CCCCC2)CCCCC1. The van der Waals surface area contributed by atoms with Crippen LogP contribution in [0, 0.1) is 0 Å². The van der Waals surface area contributed by atoms with E-state index in [1.54, 1.807) is 0 Å². The summed E-state index contributed by atoms with van der Waals surface area (Å²) in [5, 5.41) is 5.06. The molecule has 0 atom stereocenters. The van der Waals surface area contributed by atoms with E-state index in [1.807, 2.05) is 17.5 Å². The number of ketones is 1. The van der Waals surface area contributed by atoms with Crippen molar-refractivity contribution in [3.05, 3.63) is 22.4 Å². The number of thiophene rings is 1.